The second-order valence-corrected chi connectivity index (χ2v) is 8.39. The van der Waals surface area contributed by atoms with Crippen LogP contribution in [0.5, 0.6) is 5.75 Å². The second kappa shape index (κ2) is 9.96. The largest absolute Gasteiger partial charge is 0.496 e. The van der Waals surface area contributed by atoms with Gasteiger partial charge in [-0.2, -0.15) is 0 Å². The summed E-state index contributed by atoms with van der Waals surface area (Å²) in [5.74, 6) is 0.847. The first kappa shape index (κ1) is 22.8. The summed E-state index contributed by atoms with van der Waals surface area (Å²) in [6.07, 6.45) is 1.29. The molecule has 0 saturated heterocycles. The van der Waals surface area contributed by atoms with Crippen LogP contribution in [-0.4, -0.2) is 38.1 Å². The number of para-hydroxylation sites is 1. The third-order valence-electron chi connectivity index (χ3n) is 5.99. The lowest BCUT2D eigenvalue weighted by molar-refractivity contribution is -0.128. The maximum atomic E-state index is 13.6. The van der Waals surface area contributed by atoms with E-state index in [1.807, 2.05) is 24.3 Å². The van der Waals surface area contributed by atoms with Crippen molar-refractivity contribution in [1.29, 1.82) is 0 Å². The van der Waals surface area contributed by atoms with Crippen molar-refractivity contribution in [2.45, 2.75) is 58.2 Å². The van der Waals surface area contributed by atoms with Gasteiger partial charge in [-0.3, -0.25) is 9.59 Å². The number of likely N-dealkylation sites (N-methyl/N-ethyl adjacent to an activating group) is 1. The van der Waals surface area contributed by atoms with E-state index in [0.29, 0.717) is 18.9 Å². The van der Waals surface area contributed by atoms with Crippen molar-refractivity contribution in [3.63, 3.8) is 0 Å². The molecule has 1 aliphatic rings. The standard InChI is InChI=1S/C25H33N3O3/c1-16(2)19-11-13-23(31-5)20(14-19)15-28-22-9-7-6-8-18(22)10-12-21(25(28)30)27-24(29)17(3)26-4/h6-9,11,13-14,16-17,21,26H,10,12,15H2,1-5H3,(H,27,29). The number of carbonyl (C=O) groups excluding carboxylic acids is 2. The molecule has 166 valence electrons. The molecule has 2 unspecified atom stereocenters. The van der Waals surface area contributed by atoms with Gasteiger partial charge >= 0.3 is 0 Å². The SMILES string of the molecule is CNC(C)C(=O)NC1CCc2ccccc2N(Cc2cc(C(C)C)ccc2OC)C1=O. The van der Waals surface area contributed by atoms with Crippen LogP contribution in [-0.2, 0) is 22.6 Å². The van der Waals surface area contributed by atoms with Crippen LogP contribution >= 0.6 is 0 Å². The number of ether oxygens (including phenoxy) is 1. The summed E-state index contributed by atoms with van der Waals surface area (Å²) >= 11 is 0. The zero-order chi connectivity index (χ0) is 22.5. The molecule has 0 bridgehead atoms. The topological polar surface area (TPSA) is 70.7 Å². The number of benzene rings is 2. The first-order valence-corrected chi connectivity index (χ1v) is 10.9. The molecule has 0 aromatic heterocycles. The molecule has 6 heteroatoms. The number of anilines is 1. The van der Waals surface area contributed by atoms with Gasteiger partial charge in [0.15, 0.2) is 0 Å². The number of hydrogen-bond donors (Lipinski definition) is 2. The van der Waals surface area contributed by atoms with Gasteiger partial charge in [-0.05, 0) is 56.0 Å². The zero-order valence-electron chi connectivity index (χ0n) is 19.1. The van der Waals surface area contributed by atoms with Crippen molar-refractivity contribution in [3.05, 3.63) is 59.2 Å². The van der Waals surface area contributed by atoms with E-state index < -0.39 is 6.04 Å². The van der Waals surface area contributed by atoms with Gasteiger partial charge in [0, 0.05) is 11.3 Å². The van der Waals surface area contributed by atoms with Crippen molar-refractivity contribution in [2.75, 3.05) is 19.1 Å². The lowest BCUT2D eigenvalue weighted by atomic mass is 9.99. The van der Waals surface area contributed by atoms with Crippen molar-refractivity contribution in [1.82, 2.24) is 10.6 Å². The van der Waals surface area contributed by atoms with Crippen LogP contribution in [0.3, 0.4) is 0 Å². The molecular weight excluding hydrogens is 390 g/mol. The van der Waals surface area contributed by atoms with Crippen molar-refractivity contribution < 1.29 is 14.3 Å². The van der Waals surface area contributed by atoms with E-state index in [9.17, 15) is 9.59 Å². The maximum Gasteiger partial charge on any atom is 0.249 e. The fourth-order valence-electron chi connectivity index (χ4n) is 3.89. The highest BCUT2D eigenvalue weighted by molar-refractivity contribution is 6.00. The molecule has 0 fully saturated rings. The molecule has 31 heavy (non-hydrogen) atoms. The fraction of sp³-hybridized carbons (Fsp3) is 0.440. The van der Waals surface area contributed by atoms with Gasteiger partial charge in [-0.1, -0.05) is 44.2 Å². The molecule has 2 N–H and O–H groups in total. The van der Waals surface area contributed by atoms with Gasteiger partial charge in [-0.15, -0.1) is 0 Å². The number of hydrogen-bond acceptors (Lipinski definition) is 4. The van der Waals surface area contributed by atoms with Gasteiger partial charge in [0.1, 0.15) is 11.8 Å². The zero-order valence-corrected chi connectivity index (χ0v) is 19.1. The van der Waals surface area contributed by atoms with E-state index in [1.54, 1.807) is 26.0 Å². The Morgan fingerprint density at radius 2 is 1.94 bits per heavy atom. The Balaban J connectivity index is 1.98. The predicted molar refractivity (Wildman–Crippen MR) is 123 cm³/mol. The molecule has 3 rings (SSSR count). The third kappa shape index (κ3) is 5.07. The van der Waals surface area contributed by atoms with Crippen LogP contribution in [0, 0.1) is 0 Å². The summed E-state index contributed by atoms with van der Waals surface area (Å²) in [5, 5.41) is 5.88. The quantitative estimate of drug-likeness (QED) is 0.716. The summed E-state index contributed by atoms with van der Waals surface area (Å²) in [6.45, 7) is 6.46. The lowest BCUT2D eigenvalue weighted by Crippen LogP contribution is -2.52. The molecule has 2 aromatic rings. The normalized spacial score (nSPS) is 17.2. The van der Waals surface area contributed by atoms with Gasteiger partial charge < -0.3 is 20.3 Å². The predicted octanol–water partition coefficient (Wildman–Crippen LogP) is 3.39. The molecular formula is C25H33N3O3. The van der Waals surface area contributed by atoms with E-state index in [2.05, 4.69) is 42.7 Å². The Morgan fingerprint density at radius 3 is 2.61 bits per heavy atom. The lowest BCUT2D eigenvalue weighted by Gasteiger charge is -2.28. The molecule has 0 radical (unpaired) electrons. The van der Waals surface area contributed by atoms with Gasteiger partial charge in [-0.25, -0.2) is 0 Å². The van der Waals surface area contributed by atoms with Crippen LogP contribution in [0.1, 0.15) is 49.8 Å². The molecule has 2 amide bonds. The summed E-state index contributed by atoms with van der Waals surface area (Å²) < 4.78 is 5.60. The van der Waals surface area contributed by atoms with Crippen molar-refractivity contribution in [3.8, 4) is 5.75 Å². The highest BCUT2D eigenvalue weighted by atomic mass is 16.5. The highest BCUT2D eigenvalue weighted by Crippen LogP contribution is 2.32. The Morgan fingerprint density at radius 1 is 1.19 bits per heavy atom. The number of amides is 2. The molecule has 2 atom stereocenters. The Kier molecular flexibility index (Phi) is 7.33. The molecule has 1 aliphatic heterocycles. The van der Waals surface area contributed by atoms with Crippen molar-refractivity contribution in [2.24, 2.45) is 0 Å². The average molecular weight is 424 g/mol. The highest BCUT2D eigenvalue weighted by Gasteiger charge is 2.32. The fourth-order valence-corrected chi connectivity index (χ4v) is 3.89. The van der Waals surface area contributed by atoms with Crippen LogP contribution in [0.25, 0.3) is 0 Å². The monoisotopic (exact) mass is 423 g/mol. The van der Waals surface area contributed by atoms with Crippen LogP contribution < -0.4 is 20.3 Å². The number of rotatable bonds is 7. The Hall–Kier alpha value is -2.86. The summed E-state index contributed by atoms with van der Waals surface area (Å²) in [7, 11) is 3.38. The minimum Gasteiger partial charge on any atom is -0.496 e. The molecule has 6 nitrogen and oxygen atoms in total. The maximum absolute atomic E-state index is 13.6. The van der Waals surface area contributed by atoms with E-state index >= 15 is 0 Å². The Bertz CT molecular complexity index is 941. The average Bonchev–Trinajstić information content (AvgIpc) is 2.90. The molecule has 0 aliphatic carbocycles. The number of nitrogens with zero attached hydrogens (tertiary/aromatic N) is 1. The Labute approximate surface area is 185 Å². The molecule has 0 saturated carbocycles. The van der Waals surface area contributed by atoms with Gasteiger partial charge in [0.2, 0.25) is 11.8 Å². The minimum atomic E-state index is -0.574. The smallest absolute Gasteiger partial charge is 0.249 e. The van der Waals surface area contributed by atoms with E-state index in [0.717, 1.165) is 29.0 Å². The minimum absolute atomic E-state index is 0.0985. The number of fused-ring (bicyclic) bond motifs is 1. The van der Waals surface area contributed by atoms with E-state index in [4.69, 9.17) is 4.74 Å². The first-order valence-electron chi connectivity index (χ1n) is 10.9. The van der Waals surface area contributed by atoms with Crippen LogP contribution in [0.4, 0.5) is 5.69 Å². The summed E-state index contributed by atoms with van der Waals surface area (Å²) in [4.78, 5) is 27.9. The summed E-state index contributed by atoms with van der Waals surface area (Å²) in [6, 6.07) is 13.2. The molecule has 1 heterocycles. The molecule has 0 spiro atoms. The number of methoxy groups -OCH3 is 1. The van der Waals surface area contributed by atoms with Gasteiger partial charge in [0.25, 0.3) is 0 Å². The number of aryl methyl sites for hydroxylation is 1. The van der Waals surface area contributed by atoms with E-state index in [-0.39, 0.29) is 17.9 Å². The summed E-state index contributed by atoms with van der Waals surface area (Å²) in [5.41, 5.74) is 4.14. The molecule has 2 aromatic carbocycles. The van der Waals surface area contributed by atoms with Gasteiger partial charge in [0.05, 0.1) is 19.7 Å². The van der Waals surface area contributed by atoms with Crippen LogP contribution in [0.2, 0.25) is 0 Å². The number of nitrogens with one attached hydrogen (secondary N) is 2. The van der Waals surface area contributed by atoms with Crippen LogP contribution in [0.15, 0.2) is 42.5 Å². The van der Waals surface area contributed by atoms with E-state index in [1.165, 1.54) is 5.56 Å². The second-order valence-electron chi connectivity index (χ2n) is 8.39. The first-order chi connectivity index (χ1) is 14.8. The number of carbonyl (C=O) groups is 2. The van der Waals surface area contributed by atoms with Crippen molar-refractivity contribution >= 4 is 17.5 Å². The third-order valence-corrected chi connectivity index (χ3v) is 5.99.